The highest BCUT2D eigenvalue weighted by Crippen LogP contribution is 2.33. The molecule has 32 heavy (non-hydrogen) atoms. The van der Waals surface area contributed by atoms with Crippen LogP contribution in [0.25, 0.3) is 0 Å². The summed E-state index contributed by atoms with van der Waals surface area (Å²) in [4.78, 5) is 29.7. The van der Waals surface area contributed by atoms with E-state index in [0.717, 1.165) is 39.1 Å². The number of morpholine rings is 1. The topological polar surface area (TPSA) is 83.1 Å². The molecule has 2 amide bonds. The zero-order valence-corrected chi connectivity index (χ0v) is 19.5. The number of ether oxygens (including phenoxy) is 2. The Morgan fingerprint density at radius 3 is 2.47 bits per heavy atom. The molecule has 0 atom stereocenters. The van der Waals surface area contributed by atoms with E-state index in [1.807, 2.05) is 24.0 Å². The molecule has 0 spiro atoms. The predicted molar refractivity (Wildman–Crippen MR) is 125 cm³/mol. The van der Waals surface area contributed by atoms with Crippen molar-refractivity contribution in [3.05, 3.63) is 24.3 Å². The second-order valence-electron chi connectivity index (χ2n) is 8.71. The molecular weight excluding hydrogens is 408 g/mol. The van der Waals surface area contributed by atoms with Crippen LogP contribution in [0.15, 0.2) is 24.3 Å². The van der Waals surface area contributed by atoms with Crippen molar-refractivity contribution in [2.45, 2.75) is 44.6 Å². The van der Waals surface area contributed by atoms with E-state index in [-0.39, 0.29) is 30.4 Å². The normalized spacial score (nSPS) is 18.8. The lowest BCUT2D eigenvalue weighted by molar-refractivity contribution is -0.124. The Bertz CT molecular complexity index is 745. The number of likely N-dealkylation sites (N-methyl/N-ethyl adjacent to an activating group) is 1. The zero-order chi connectivity index (χ0) is 22.8. The Morgan fingerprint density at radius 2 is 1.78 bits per heavy atom. The molecule has 2 aliphatic rings. The Labute approximate surface area is 191 Å². The van der Waals surface area contributed by atoms with Crippen LogP contribution in [0.1, 0.15) is 39.0 Å². The van der Waals surface area contributed by atoms with E-state index in [4.69, 9.17) is 9.47 Å². The van der Waals surface area contributed by atoms with Gasteiger partial charge in [-0.05, 0) is 31.5 Å². The zero-order valence-electron chi connectivity index (χ0n) is 19.5. The van der Waals surface area contributed by atoms with E-state index in [1.165, 1.54) is 19.3 Å². The number of hydrogen-bond donors (Lipinski definition) is 2. The molecule has 1 aliphatic carbocycles. The van der Waals surface area contributed by atoms with E-state index < -0.39 is 0 Å². The van der Waals surface area contributed by atoms with Crippen molar-refractivity contribution in [2.24, 2.45) is 0 Å². The minimum Gasteiger partial charge on any atom is -0.495 e. The quantitative estimate of drug-likeness (QED) is 0.573. The fourth-order valence-corrected chi connectivity index (χ4v) is 4.79. The van der Waals surface area contributed by atoms with Crippen LogP contribution < -0.4 is 15.4 Å². The fourth-order valence-electron chi connectivity index (χ4n) is 4.79. The van der Waals surface area contributed by atoms with Gasteiger partial charge >= 0.3 is 0 Å². The van der Waals surface area contributed by atoms with Gasteiger partial charge in [-0.1, -0.05) is 38.3 Å². The lowest BCUT2D eigenvalue weighted by Crippen LogP contribution is -2.60. The van der Waals surface area contributed by atoms with Crippen LogP contribution in [-0.4, -0.2) is 86.7 Å². The van der Waals surface area contributed by atoms with E-state index in [9.17, 15) is 9.59 Å². The molecule has 2 fully saturated rings. The molecule has 1 aromatic rings. The first kappa shape index (κ1) is 24.5. The van der Waals surface area contributed by atoms with Crippen molar-refractivity contribution in [3.63, 3.8) is 0 Å². The molecule has 0 aromatic heterocycles. The summed E-state index contributed by atoms with van der Waals surface area (Å²) in [6, 6.07) is 7.30. The third-order valence-electron chi connectivity index (χ3n) is 6.64. The van der Waals surface area contributed by atoms with Crippen LogP contribution in [0, 0.1) is 0 Å². The molecular formula is C24H38N4O4. The summed E-state index contributed by atoms with van der Waals surface area (Å²) in [5, 5.41) is 6.06. The van der Waals surface area contributed by atoms with Gasteiger partial charge in [-0.3, -0.25) is 19.4 Å². The van der Waals surface area contributed by atoms with E-state index in [0.29, 0.717) is 24.5 Å². The summed E-state index contributed by atoms with van der Waals surface area (Å²) in [6.07, 6.45) is 5.91. The van der Waals surface area contributed by atoms with Gasteiger partial charge in [0.15, 0.2) is 0 Å². The molecule has 1 saturated heterocycles. The molecule has 0 radical (unpaired) electrons. The predicted octanol–water partition coefficient (Wildman–Crippen LogP) is 2.11. The van der Waals surface area contributed by atoms with Crippen LogP contribution >= 0.6 is 0 Å². The van der Waals surface area contributed by atoms with Crippen molar-refractivity contribution >= 4 is 17.5 Å². The number of nitrogens with one attached hydrogen (secondary N) is 2. The molecule has 8 nitrogen and oxygen atoms in total. The van der Waals surface area contributed by atoms with Gasteiger partial charge in [0.05, 0.1) is 39.1 Å². The average Bonchev–Trinajstić information content (AvgIpc) is 2.84. The number of amides is 2. The highest BCUT2D eigenvalue weighted by atomic mass is 16.5. The summed E-state index contributed by atoms with van der Waals surface area (Å²) in [6.45, 7) is 6.98. The second kappa shape index (κ2) is 12.2. The summed E-state index contributed by atoms with van der Waals surface area (Å²) in [5.74, 6) is 0.416. The fraction of sp³-hybridized carbons (Fsp3) is 0.667. The third-order valence-corrected chi connectivity index (χ3v) is 6.64. The van der Waals surface area contributed by atoms with Crippen molar-refractivity contribution in [3.8, 4) is 5.75 Å². The van der Waals surface area contributed by atoms with Gasteiger partial charge in [0.2, 0.25) is 11.8 Å². The van der Waals surface area contributed by atoms with Crippen LogP contribution in [0.4, 0.5) is 5.69 Å². The van der Waals surface area contributed by atoms with E-state index in [1.54, 1.807) is 19.2 Å². The maximum absolute atomic E-state index is 12.8. The summed E-state index contributed by atoms with van der Waals surface area (Å²) in [7, 11) is 1.57. The Morgan fingerprint density at radius 1 is 1.09 bits per heavy atom. The van der Waals surface area contributed by atoms with Crippen molar-refractivity contribution in [1.82, 2.24) is 15.1 Å². The monoisotopic (exact) mass is 446 g/mol. The van der Waals surface area contributed by atoms with Gasteiger partial charge in [0, 0.05) is 25.2 Å². The first-order valence-electron chi connectivity index (χ1n) is 11.8. The van der Waals surface area contributed by atoms with Gasteiger partial charge < -0.3 is 20.1 Å². The number of hydrogen-bond acceptors (Lipinski definition) is 6. The van der Waals surface area contributed by atoms with Crippen LogP contribution in [0.3, 0.4) is 0 Å². The van der Waals surface area contributed by atoms with Crippen molar-refractivity contribution < 1.29 is 19.1 Å². The minimum absolute atomic E-state index is 0.0323. The first-order chi connectivity index (χ1) is 15.6. The number of rotatable bonds is 10. The largest absolute Gasteiger partial charge is 0.495 e. The van der Waals surface area contributed by atoms with Crippen molar-refractivity contribution in [2.75, 3.05) is 64.9 Å². The molecule has 0 bridgehead atoms. The van der Waals surface area contributed by atoms with Crippen molar-refractivity contribution in [1.29, 1.82) is 0 Å². The molecule has 1 aromatic carbocycles. The van der Waals surface area contributed by atoms with E-state index in [2.05, 4.69) is 15.5 Å². The summed E-state index contributed by atoms with van der Waals surface area (Å²) < 4.78 is 10.8. The van der Waals surface area contributed by atoms with Gasteiger partial charge in [0.1, 0.15) is 5.75 Å². The first-order valence-corrected chi connectivity index (χ1v) is 11.8. The third kappa shape index (κ3) is 6.67. The molecule has 1 saturated carbocycles. The maximum Gasteiger partial charge on any atom is 0.238 e. The average molecular weight is 447 g/mol. The van der Waals surface area contributed by atoms with Gasteiger partial charge in [-0.2, -0.15) is 0 Å². The van der Waals surface area contributed by atoms with Crippen LogP contribution in [-0.2, 0) is 14.3 Å². The number of carbonyl (C=O) groups excluding carboxylic acids is 2. The molecule has 8 heteroatoms. The highest BCUT2D eigenvalue weighted by Gasteiger charge is 2.38. The smallest absolute Gasteiger partial charge is 0.238 e. The SMILES string of the molecule is CCN(CC(=O)NCC1(N2CCOCC2)CCCCC1)CC(=O)Nc1ccccc1OC. The van der Waals surface area contributed by atoms with Crippen LogP contribution in [0.5, 0.6) is 5.75 Å². The second-order valence-corrected chi connectivity index (χ2v) is 8.71. The summed E-state index contributed by atoms with van der Waals surface area (Å²) in [5.41, 5.74) is 0.668. The number of nitrogens with zero attached hydrogens (tertiary/aromatic N) is 2. The van der Waals surface area contributed by atoms with Crippen LogP contribution in [0.2, 0.25) is 0 Å². The Hall–Kier alpha value is -2.16. The van der Waals surface area contributed by atoms with Gasteiger partial charge in [0.25, 0.3) is 0 Å². The maximum atomic E-state index is 12.8. The number of methoxy groups -OCH3 is 1. The molecule has 2 N–H and O–H groups in total. The summed E-state index contributed by atoms with van der Waals surface area (Å²) >= 11 is 0. The standard InChI is InChI=1S/C24H38N4O4/c1-3-27(18-23(30)26-20-9-5-6-10-21(20)31-2)17-22(29)25-19-24(11-7-4-8-12-24)28-13-15-32-16-14-28/h5-6,9-10H,3-4,7-8,11-19H2,1-2H3,(H,25,29)(H,26,30). The molecule has 1 aliphatic heterocycles. The minimum atomic E-state index is -0.166. The van der Waals surface area contributed by atoms with Gasteiger partial charge in [-0.25, -0.2) is 0 Å². The Balaban J connectivity index is 1.51. The number of para-hydroxylation sites is 2. The molecule has 3 rings (SSSR count). The lowest BCUT2D eigenvalue weighted by Gasteiger charge is -2.48. The highest BCUT2D eigenvalue weighted by molar-refractivity contribution is 5.94. The number of carbonyl (C=O) groups is 2. The number of benzene rings is 1. The van der Waals surface area contributed by atoms with Gasteiger partial charge in [-0.15, -0.1) is 0 Å². The lowest BCUT2D eigenvalue weighted by atomic mass is 9.79. The molecule has 1 heterocycles. The molecule has 178 valence electrons. The Kier molecular flexibility index (Phi) is 9.32. The van der Waals surface area contributed by atoms with E-state index >= 15 is 0 Å². The molecule has 0 unspecified atom stereocenters. The number of anilines is 1.